The van der Waals surface area contributed by atoms with Gasteiger partial charge in [-0.15, -0.1) is 0 Å². The van der Waals surface area contributed by atoms with Crippen molar-refractivity contribution in [2.24, 2.45) is 0 Å². The number of hydrogen-bond acceptors (Lipinski definition) is 6. The van der Waals surface area contributed by atoms with Crippen LogP contribution in [0.4, 0.5) is 0 Å². The second kappa shape index (κ2) is 13.0. The Kier molecular flexibility index (Phi) is 9.69. The van der Waals surface area contributed by atoms with Crippen LogP contribution in [0.1, 0.15) is 94.5 Å². The van der Waals surface area contributed by atoms with Gasteiger partial charge in [0.15, 0.2) is 11.5 Å². The summed E-state index contributed by atoms with van der Waals surface area (Å²) in [5.41, 5.74) is 3.33. The molecule has 2 heterocycles. The van der Waals surface area contributed by atoms with Crippen LogP contribution in [-0.4, -0.2) is 45.3 Å². The number of nitrogens with zero attached hydrogens (tertiary/aromatic N) is 2. The van der Waals surface area contributed by atoms with E-state index in [0.29, 0.717) is 18.7 Å². The summed E-state index contributed by atoms with van der Waals surface area (Å²) in [6.07, 6.45) is 3.89. The summed E-state index contributed by atoms with van der Waals surface area (Å²) in [6.45, 7) is 13.8. The van der Waals surface area contributed by atoms with E-state index in [0.717, 1.165) is 22.5 Å². The molecule has 1 N–H and O–H groups in total. The molecule has 2 atom stereocenters. The molecular formula is C34H43N3O5. The largest absolute Gasteiger partial charge is 0.460 e. The highest BCUT2D eigenvalue weighted by atomic mass is 16.7. The molecule has 0 saturated carbocycles. The smallest absolute Gasteiger partial charge is 0.308 e. The van der Waals surface area contributed by atoms with Crippen LogP contribution in [0.15, 0.2) is 66.7 Å². The number of benzene rings is 2. The molecule has 4 rings (SSSR count). The summed E-state index contributed by atoms with van der Waals surface area (Å²) in [5.74, 6) is -1.40. The van der Waals surface area contributed by atoms with Crippen molar-refractivity contribution in [2.45, 2.75) is 97.4 Å². The topological polar surface area (TPSA) is 91.7 Å². The zero-order chi connectivity index (χ0) is 30.5. The van der Waals surface area contributed by atoms with Crippen LogP contribution < -0.4 is 5.32 Å². The van der Waals surface area contributed by atoms with Gasteiger partial charge < -0.3 is 19.5 Å². The minimum absolute atomic E-state index is 0.0200. The first-order chi connectivity index (χ1) is 19.8. The molecule has 0 aliphatic carbocycles. The summed E-state index contributed by atoms with van der Waals surface area (Å²) in [7, 11) is 0. The summed E-state index contributed by atoms with van der Waals surface area (Å²) in [5, 5.41) is 7.86. The lowest BCUT2D eigenvalue weighted by molar-refractivity contribution is -0.290. The van der Waals surface area contributed by atoms with Crippen molar-refractivity contribution >= 4 is 18.0 Å². The van der Waals surface area contributed by atoms with Crippen molar-refractivity contribution in [3.63, 3.8) is 0 Å². The first-order valence-corrected chi connectivity index (χ1v) is 14.6. The number of para-hydroxylation sites is 1. The predicted octanol–water partition coefficient (Wildman–Crippen LogP) is 6.58. The van der Waals surface area contributed by atoms with E-state index in [1.54, 1.807) is 0 Å². The lowest BCUT2D eigenvalue weighted by Crippen LogP contribution is -2.45. The molecule has 3 aromatic rings. The van der Waals surface area contributed by atoms with Gasteiger partial charge in [0.1, 0.15) is 5.60 Å². The van der Waals surface area contributed by atoms with E-state index < -0.39 is 11.4 Å². The molecule has 1 aliphatic heterocycles. The molecule has 1 fully saturated rings. The number of hydrogen-bond donors (Lipinski definition) is 1. The van der Waals surface area contributed by atoms with E-state index in [2.05, 4.69) is 19.2 Å². The average Bonchev–Trinajstić information content (AvgIpc) is 3.29. The molecule has 2 aromatic carbocycles. The third-order valence-electron chi connectivity index (χ3n) is 6.71. The maximum Gasteiger partial charge on any atom is 0.308 e. The molecule has 0 radical (unpaired) electrons. The van der Waals surface area contributed by atoms with Crippen molar-refractivity contribution in [1.29, 1.82) is 0 Å². The van der Waals surface area contributed by atoms with Crippen LogP contribution in [-0.2, 0) is 25.5 Å². The number of aromatic nitrogens is 2. The Balaban J connectivity index is 1.64. The SMILES string of the molecule is CC(C)c1c(C(=O)NCc2ccccc2)nn(-c2ccccc2)c1/C=C/C1C[C@H](CC(=O)OC(C)(C)C)OC(C)(C)O1. The highest BCUT2D eigenvalue weighted by Crippen LogP contribution is 2.32. The first-order valence-electron chi connectivity index (χ1n) is 14.6. The van der Waals surface area contributed by atoms with Crippen molar-refractivity contribution in [3.8, 4) is 5.69 Å². The number of ether oxygens (including phenoxy) is 3. The fourth-order valence-corrected chi connectivity index (χ4v) is 5.13. The lowest BCUT2D eigenvalue weighted by Gasteiger charge is -2.39. The maximum absolute atomic E-state index is 13.5. The van der Waals surface area contributed by atoms with Crippen LogP contribution in [0.2, 0.25) is 0 Å². The van der Waals surface area contributed by atoms with Crippen molar-refractivity contribution < 1.29 is 23.8 Å². The number of carbonyl (C=O) groups excluding carboxylic acids is 2. The molecule has 0 bridgehead atoms. The zero-order valence-corrected chi connectivity index (χ0v) is 25.7. The molecule has 1 saturated heterocycles. The average molecular weight is 574 g/mol. The van der Waals surface area contributed by atoms with Crippen LogP contribution in [0.25, 0.3) is 11.8 Å². The molecule has 1 aromatic heterocycles. The fraction of sp³-hybridized carbons (Fsp3) is 0.441. The Morgan fingerprint density at radius 1 is 1.07 bits per heavy atom. The van der Waals surface area contributed by atoms with Gasteiger partial charge in [-0.2, -0.15) is 5.10 Å². The Bertz CT molecular complexity index is 1390. The molecule has 1 aliphatic rings. The third kappa shape index (κ3) is 8.39. The summed E-state index contributed by atoms with van der Waals surface area (Å²) in [6, 6.07) is 19.6. The second-order valence-corrected chi connectivity index (χ2v) is 12.4. The van der Waals surface area contributed by atoms with Crippen LogP contribution in [0.3, 0.4) is 0 Å². The number of carbonyl (C=O) groups is 2. The Morgan fingerprint density at radius 2 is 1.71 bits per heavy atom. The van der Waals surface area contributed by atoms with E-state index in [-0.39, 0.29) is 36.4 Å². The van der Waals surface area contributed by atoms with Crippen molar-refractivity contribution in [1.82, 2.24) is 15.1 Å². The Morgan fingerprint density at radius 3 is 2.33 bits per heavy atom. The monoisotopic (exact) mass is 573 g/mol. The van der Waals surface area contributed by atoms with Gasteiger partial charge in [0.05, 0.1) is 30.0 Å². The standard InChI is InChI=1S/C34H43N3O5/c1-23(2)30-28(19-18-26-20-27(41-34(6,7)40-26)21-29(38)42-33(3,4)5)37(25-16-12-9-13-17-25)36-31(30)32(39)35-22-24-14-10-8-11-15-24/h8-19,23,26-27H,20-22H2,1-7H3,(H,35,39)/b19-18+/t26?,27-/m1/s1. The van der Waals surface area contributed by atoms with Crippen LogP contribution in [0.5, 0.6) is 0 Å². The minimum atomic E-state index is -0.886. The molecule has 224 valence electrons. The molecule has 0 spiro atoms. The molecule has 1 amide bonds. The molecule has 1 unspecified atom stereocenters. The van der Waals surface area contributed by atoms with Gasteiger partial charge in [0, 0.05) is 18.5 Å². The van der Waals surface area contributed by atoms with Gasteiger partial charge in [-0.1, -0.05) is 68.5 Å². The number of nitrogens with one attached hydrogen (secondary N) is 1. The number of amides is 1. The van der Waals surface area contributed by atoms with Gasteiger partial charge in [-0.05, 0) is 64.3 Å². The summed E-state index contributed by atoms with van der Waals surface area (Å²) in [4.78, 5) is 26.0. The minimum Gasteiger partial charge on any atom is -0.460 e. The normalized spacial score (nSPS) is 18.8. The number of esters is 1. The van der Waals surface area contributed by atoms with Crippen molar-refractivity contribution in [2.75, 3.05) is 0 Å². The van der Waals surface area contributed by atoms with E-state index >= 15 is 0 Å². The van der Waals surface area contributed by atoms with Gasteiger partial charge in [-0.3, -0.25) is 9.59 Å². The second-order valence-electron chi connectivity index (χ2n) is 12.4. The molecular weight excluding hydrogens is 530 g/mol. The quantitative estimate of drug-likeness (QED) is 0.291. The highest BCUT2D eigenvalue weighted by Gasteiger charge is 2.36. The Hall–Kier alpha value is -3.75. The van der Waals surface area contributed by atoms with Gasteiger partial charge in [0.25, 0.3) is 5.91 Å². The summed E-state index contributed by atoms with van der Waals surface area (Å²) >= 11 is 0. The Labute approximate surface area is 249 Å². The first kappa shape index (κ1) is 31.2. The summed E-state index contributed by atoms with van der Waals surface area (Å²) < 4.78 is 19.6. The van der Waals surface area contributed by atoms with E-state index in [1.807, 2.05) is 112 Å². The van der Waals surface area contributed by atoms with E-state index in [9.17, 15) is 9.59 Å². The van der Waals surface area contributed by atoms with E-state index in [1.165, 1.54) is 0 Å². The maximum atomic E-state index is 13.5. The molecule has 8 nitrogen and oxygen atoms in total. The van der Waals surface area contributed by atoms with Crippen molar-refractivity contribution in [3.05, 3.63) is 89.3 Å². The predicted molar refractivity (Wildman–Crippen MR) is 163 cm³/mol. The van der Waals surface area contributed by atoms with Crippen LogP contribution in [0, 0.1) is 0 Å². The molecule has 8 heteroatoms. The molecule has 42 heavy (non-hydrogen) atoms. The van der Waals surface area contributed by atoms with Gasteiger partial charge >= 0.3 is 5.97 Å². The lowest BCUT2D eigenvalue weighted by atomic mass is 9.98. The fourth-order valence-electron chi connectivity index (χ4n) is 5.13. The third-order valence-corrected chi connectivity index (χ3v) is 6.71. The highest BCUT2D eigenvalue weighted by molar-refractivity contribution is 5.95. The zero-order valence-electron chi connectivity index (χ0n) is 25.7. The van der Waals surface area contributed by atoms with E-state index in [4.69, 9.17) is 19.3 Å². The van der Waals surface area contributed by atoms with Crippen LogP contribution >= 0.6 is 0 Å². The number of rotatable bonds is 9. The van der Waals surface area contributed by atoms with Gasteiger partial charge in [-0.25, -0.2) is 4.68 Å². The van der Waals surface area contributed by atoms with Gasteiger partial charge in [0.2, 0.25) is 0 Å².